The lowest BCUT2D eigenvalue weighted by Gasteiger charge is -2.56. The number of hydrogen-bond acceptors (Lipinski definition) is 3. The Bertz CT molecular complexity index is 603. The lowest BCUT2D eigenvalue weighted by molar-refractivity contribution is -0.126. The Morgan fingerprint density at radius 1 is 1.21 bits per heavy atom. The van der Waals surface area contributed by atoms with Crippen LogP contribution >= 0.6 is 0 Å². The predicted octanol–water partition coefficient (Wildman–Crippen LogP) is 3.92. The third-order valence-corrected chi connectivity index (χ3v) is 9.00. The van der Waals surface area contributed by atoms with Crippen molar-refractivity contribution in [2.45, 2.75) is 78.7 Å². The summed E-state index contributed by atoms with van der Waals surface area (Å²) in [4.78, 5) is 12.3. The van der Waals surface area contributed by atoms with Gasteiger partial charge < -0.3 is 15.5 Å². The van der Waals surface area contributed by atoms with E-state index in [9.17, 15) is 15.0 Å². The molecule has 0 unspecified atom stereocenters. The number of hydrogen-bond donors (Lipinski definition) is 3. The summed E-state index contributed by atoms with van der Waals surface area (Å²) < 4.78 is 0. The zero-order chi connectivity index (χ0) is 20.7. The van der Waals surface area contributed by atoms with Crippen LogP contribution in [0.2, 0.25) is 0 Å². The largest absolute Gasteiger partial charge is 0.396 e. The van der Waals surface area contributed by atoms with Gasteiger partial charge in [-0.25, -0.2) is 0 Å². The summed E-state index contributed by atoms with van der Waals surface area (Å²) in [5.74, 6) is 1.69. The molecule has 3 aliphatic carbocycles. The van der Waals surface area contributed by atoms with E-state index in [1.807, 2.05) is 13.8 Å². The van der Waals surface area contributed by atoms with Gasteiger partial charge in [-0.3, -0.25) is 4.79 Å². The van der Waals surface area contributed by atoms with Crippen molar-refractivity contribution in [3.8, 4) is 0 Å². The van der Waals surface area contributed by atoms with Gasteiger partial charge >= 0.3 is 0 Å². The van der Waals surface area contributed by atoms with Crippen LogP contribution in [-0.4, -0.2) is 35.4 Å². The first-order chi connectivity index (χ1) is 13.1. The molecule has 3 saturated carbocycles. The van der Waals surface area contributed by atoms with Crippen molar-refractivity contribution in [2.75, 3.05) is 13.2 Å². The molecule has 0 bridgehead atoms. The van der Waals surface area contributed by atoms with Crippen molar-refractivity contribution < 1.29 is 15.0 Å². The third-order valence-electron chi connectivity index (χ3n) is 9.00. The van der Waals surface area contributed by atoms with Gasteiger partial charge in [-0.15, -0.1) is 0 Å². The fourth-order valence-electron chi connectivity index (χ4n) is 6.89. The van der Waals surface area contributed by atoms with E-state index < -0.39 is 0 Å². The number of amides is 1. The molecule has 0 radical (unpaired) electrons. The number of carbonyl (C=O) groups excluding carboxylic acids is 1. The summed E-state index contributed by atoms with van der Waals surface area (Å²) in [6.45, 7) is 13.9. The fraction of sp³-hybridized carbons (Fsp3) is 0.875. The summed E-state index contributed by atoms with van der Waals surface area (Å²) in [6.07, 6.45) is 6.74. The summed E-state index contributed by atoms with van der Waals surface area (Å²) in [5, 5.41) is 23.6. The first-order valence-corrected chi connectivity index (χ1v) is 11.4. The zero-order valence-corrected chi connectivity index (χ0v) is 18.3. The summed E-state index contributed by atoms with van der Waals surface area (Å²) in [7, 11) is 0. The molecule has 28 heavy (non-hydrogen) atoms. The maximum absolute atomic E-state index is 12.3. The summed E-state index contributed by atoms with van der Waals surface area (Å²) in [5.41, 5.74) is 1.59. The smallest absolute Gasteiger partial charge is 0.222 e. The summed E-state index contributed by atoms with van der Waals surface area (Å²) >= 11 is 0. The Hall–Kier alpha value is -0.870. The molecule has 0 aromatic rings. The highest BCUT2D eigenvalue weighted by Crippen LogP contribution is 2.63. The van der Waals surface area contributed by atoms with Gasteiger partial charge in [0.1, 0.15) is 0 Å². The average Bonchev–Trinajstić information content (AvgIpc) is 2.96. The van der Waals surface area contributed by atoms with Crippen LogP contribution < -0.4 is 5.32 Å². The van der Waals surface area contributed by atoms with Gasteiger partial charge in [-0.2, -0.15) is 0 Å². The molecule has 0 spiro atoms. The average molecular weight is 392 g/mol. The second-order valence-corrected chi connectivity index (χ2v) is 10.7. The van der Waals surface area contributed by atoms with Gasteiger partial charge in [0, 0.05) is 19.1 Å². The number of aliphatic hydroxyl groups excluding tert-OH is 2. The van der Waals surface area contributed by atoms with E-state index >= 15 is 0 Å². The number of allylic oxidation sites excluding steroid dienone is 1. The Balaban J connectivity index is 1.89. The van der Waals surface area contributed by atoms with Crippen molar-refractivity contribution in [2.24, 2.45) is 40.4 Å². The molecule has 3 N–H and O–H groups in total. The van der Waals surface area contributed by atoms with Crippen LogP contribution in [0.15, 0.2) is 12.2 Å². The van der Waals surface area contributed by atoms with Crippen LogP contribution in [0.5, 0.6) is 0 Å². The highest BCUT2D eigenvalue weighted by molar-refractivity contribution is 5.77. The van der Waals surface area contributed by atoms with E-state index in [2.05, 4.69) is 25.7 Å². The van der Waals surface area contributed by atoms with Crippen molar-refractivity contribution >= 4 is 5.91 Å². The molecule has 3 aliphatic rings. The first kappa shape index (κ1) is 21.8. The molecular weight excluding hydrogens is 350 g/mol. The summed E-state index contributed by atoms with van der Waals surface area (Å²) in [6, 6.07) is 0. The van der Waals surface area contributed by atoms with E-state index in [0.717, 1.165) is 45.1 Å². The molecule has 1 amide bonds. The minimum absolute atomic E-state index is 0.00225. The number of rotatable bonds is 5. The molecule has 3 rings (SSSR count). The Kier molecular flexibility index (Phi) is 6.32. The molecule has 0 aliphatic heterocycles. The van der Waals surface area contributed by atoms with Crippen LogP contribution in [0.1, 0.15) is 72.6 Å². The molecular formula is C24H41NO3. The topological polar surface area (TPSA) is 69.6 Å². The molecule has 0 aromatic carbocycles. The molecule has 4 heteroatoms. The normalized spacial score (nSPS) is 43.8. The maximum atomic E-state index is 12.3. The van der Waals surface area contributed by atoms with Gasteiger partial charge in [-0.05, 0) is 79.4 Å². The third kappa shape index (κ3) is 3.67. The zero-order valence-electron chi connectivity index (χ0n) is 18.3. The number of carbonyl (C=O) groups is 1. The second-order valence-electron chi connectivity index (χ2n) is 10.7. The first-order valence-electron chi connectivity index (χ1n) is 11.4. The molecule has 0 heterocycles. The van der Waals surface area contributed by atoms with Crippen LogP contribution in [0.3, 0.4) is 0 Å². The van der Waals surface area contributed by atoms with Gasteiger partial charge in [-0.1, -0.05) is 39.8 Å². The highest BCUT2D eigenvalue weighted by atomic mass is 16.3. The molecule has 160 valence electrons. The number of aliphatic hydroxyl groups is 2. The van der Waals surface area contributed by atoms with Crippen LogP contribution in [-0.2, 0) is 4.79 Å². The lowest BCUT2D eigenvalue weighted by atomic mass is 9.49. The van der Waals surface area contributed by atoms with Crippen molar-refractivity contribution in [3.05, 3.63) is 12.2 Å². The van der Waals surface area contributed by atoms with Gasteiger partial charge in [0.15, 0.2) is 0 Å². The fourth-order valence-corrected chi connectivity index (χ4v) is 6.89. The Morgan fingerprint density at radius 2 is 1.93 bits per heavy atom. The van der Waals surface area contributed by atoms with E-state index in [-0.39, 0.29) is 41.3 Å². The number of nitrogens with one attached hydrogen (secondary N) is 1. The van der Waals surface area contributed by atoms with Crippen LogP contribution in [0.25, 0.3) is 0 Å². The van der Waals surface area contributed by atoms with Crippen LogP contribution in [0.4, 0.5) is 0 Å². The lowest BCUT2D eigenvalue weighted by Crippen LogP contribution is -2.53. The molecule has 0 aromatic heterocycles. The SMILES string of the molecule is C=C1CC[C@H]2[C@H](CNC(=O)C(C)C)[C@@H]([C@]3(C)CC[C@H](O)C[C@@H]3CO)CC[C@]12C. The molecule has 3 fully saturated rings. The molecule has 4 nitrogen and oxygen atoms in total. The maximum Gasteiger partial charge on any atom is 0.222 e. The standard InChI is InChI=1S/C24H41NO3/c1-15(2)22(28)25-13-19-20-7-6-16(3)23(20,4)11-9-21(19)24(5)10-8-18(27)12-17(24)14-26/h15,17-21,26-27H,3,6-14H2,1-2,4-5H3,(H,25,28)/t17-,18+,19+,20+,21+,23-,24-/m1/s1. The molecule has 0 saturated heterocycles. The van der Waals surface area contributed by atoms with E-state index in [0.29, 0.717) is 24.2 Å². The minimum Gasteiger partial charge on any atom is -0.396 e. The van der Waals surface area contributed by atoms with Gasteiger partial charge in [0.05, 0.1) is 6.10 Å². The van der Waals surface area contributed by atoms with Crippen molar-refractivity contribution in [1.82, 2.24) is 5.32 Å². The Morgan fingerprint density at radius 3 is 2.57 bits per heavy atom. The quantitative estimate of drug-likeness (QED) is 0.622. The molecule has 7 atom stereocenters. The van der Waals surface area contributed by atoms with E-state index in [1.165, 1.54) is 5.57 Å². The Labute approximate surface area is 171 Å². The van der Waals surface area contributed by atoms with Crippen molar-refractivity contribution in [1.29, 1.82) is 0 Å². The number of fused-ring (bicyclic) bond motifs is 1. The van der Waals surface area contributed by atoms with Gasteiger partial charge in [0.2, 0.25) is 5.91 Å². The van der Waals surface area contributed by atoms with Crippen LogP contribution in [0, 0.1) is 40.4 Å². The second kappa shape index (κ2) is 8.10. The highest BCUT2D eigenvalue weighted by Gasteiger charge is 2.56. The minimum atomic E-state index is -0.288. The van der Waals surface area contributed by atoms with E-state index in [4.69, 9.17) is 0 Å². The predicted molar refractivity (Wildman–Crippen MR) is 113 cm³/mol. The van der Waals surface area contributed by atoms with Crippen molar-refractivity contribution in [3.63, 3.8) is 0 Å². The monoisotopic (exact) mass is 391 g/mol. The van der Waals surface area contributed by atoms with E-state index in [1.54, 1.807) is 0 Å². The van der Waals surface area contributed by atoms with Gasteiger partial charge in [0.25, 0.3) is 0 Å².